The highest BCUT2D eigenvalue weighted by Gasteiger charge is 2.41. The molecular weight excluding hydrogens is 210 g/mol. The molecule has 2 rings (SSSR count). The summed E-state index contributed by atoms with van der Waals surface area (Å²) in [6.07, 6.45) is -3.24. The summed E-state index contributed by atoms with van der Waals surface area (Å²) in [5, 5.41) is 2.96. The van der Waals surface area contributed by atoms with Gasteiger partial charge in [0.1, 0.15) is 5.83 Å². The zero-order chi connectivity index (χ0) is 11.1. The number of hydrogen-bond donors (Lipinski definition) is 1. The van der Waals surface area contributed by atoms with Crippen molar-refractivity contribution in [3.8, 4) is 0 Å². The van der Waals surface area contributed by atoms with E-state index in [0.29, 0.717) is 36.7 Å². The third-order valence-corrected chi connectivity index (χ3v) is 2.84. The Balaban J connectivity index is 2.25. The number of halogens is 4. The predicted octanol–water partition coefficient (Wildman–Crippen LogP) is 2.71. The van der Waals surface area contributed by atoms with Gasteiger partial charge in [0.2, 0.25) is 0 Å². The lowest BCUT2D eigenvalue weighted by atomic mass is 9.85. The third kappa shape index (κ3) is 2.07. The van der Waals surface area contributed by atoms with Crippen molar-refractivity contribution in [1.29, 1.82) is 0 Å². The van der Waals surface area contributed by atoms with Crippen LogP contribution in [0.4, 0.5) is 17.6 Å². The minimum Gasteiger partial charge on any atom is -0.313 e. The predicted molar refractivity (Wildman–Crippen MR) is 47.9 cm³/mol. The Morgan fingerprint density at radius 1 is 1.33 bits per heavy atom. The maximum absolute atomic E-state index is 13.4. The smallest absolute Gasteiger partial charge is 0.313 e. The van der Waals surface area contributed by atoms with Crippen molar-refractivity contribution in [2.45, 2.75) is 19.0 Å². The largest absolute Gasteiger partial charge is 0.395 e. The van der Waals surface area contributed by atoms with Gasteiger partial charge in [-0.05, 0) is 36.6 Å². The molecule has 0 fully saturated rings. The average molecular weight is 221 g/mol. The maximum atomic E-state index is 13.4. The van der Waals surface area contributed by atoms with Gasteiger partial charge in [0.25, 0.3) is 0 Å². The summed E-state index contributed by atoms with van der Waals surface area (Å²) in [5.41, 5.74) is 1.05. The fourth-order valence-corrected chi connectivity index (χ4v) is 2.03. The van der Waals surface area contributed by atoms with Gasteiger partial charge in [-0.1, -0.05) is 0 Å². The second-order valence-electron chi connectivity index (χ2n) is 3.88. The molecule has 2 aliphatic rings. The summed E-state index contributed by atoms with van der Waals surface area (Å²) < 4.78 is 50.6. The Morgan fingerprint density at radius 2 is 2.07 bits per heavy atom. The molecular formula is C10H11F4N. The van der Waals surface area contributed by atoms with Gasteiger partial charge < -0.3 is 5.32 Å². The molecule has 0 radical (unpaired) electrons. The Morgan fingerprint density at radius 3 is 2.73 bits per heavy atom. The summed E-state index contributed by atoms with van der Waals surface area (Å²) in [5.74, 6) is -2.34. The molecule has 0 spiro atoms. The van der Waals surface area contributed by atoms with Gasteiger partial charge in [-0.25, -0.2) is 4.39 Å². The molecule has 0 aromatic heterocycles. The Bertz CT molecular complexity index is 327. The van der Waals surface area contributed by atoms with Crippen LogP contribution in [0.1, 0.15) is 12.8 Å². The van der Waals surface area contributed by atoms with Crippen LogP contribution in [0.2, 0.25) is 0 Å². The average Bonchev–Trinajstić information content (AvgIpc) is 2.16. The van der Waals surface area contributed by atoms with E-state index in [0.717, 1.165) is 0 Å². The quantitative estimate of drug-likeness (QED) is 0.620. The van der Waals surface area contributed by atoms with Crippen LogP contribution < -0.4 is 5.32 Å². The summed E-state index contributed by atoms with van der Waals surface area (Å²) in [4.78, 5) is 0. The molecule has 5 heteroatoms. The minimum absolute atomic E-state index is 0.0980. The zero-order valence-corrected chi connectivity index (χ0v) is 7.99. The highest BCUT2D eigenvalue weighted by molar-refractivity contribution is 5.38. The van der Waals surface area contributed by atoms with Crippen molar-refractivity contribution in [3.63, 3.8) is 0 Å². The van der Waals surface area contributed by atoms with Crippen molar-refractivity contribution in [2.75, 3.05) is 13.1 Å². The van der Waals surface area contributed by atoms with Crippen LogP contribution in [0, 0.1) is 5.92 Å². The Kier molecular flexibility index (Phi) is 2.58. The number of alkyl halides is 3. The van der Waals surface area contributed by atoms with E-state index in [2.05, 4.69) is 5.32 Å². The fourth-order valence-electron chi connectivity index (χ4n) is 2.03. The van der Waals surface area contributed by atoms with E-state index in [1.165, 1.54) is 0 Å². The second-order valence-corrected chi connectivity index (χ2v) is 3.88. The van der Waals surface area contributed by atoms with E-state index >= 15 is 0 Å². The molecule has 0 saturated heterocycles. The highest BCUT2D eigenvalue weighted by Crippen LogP contribution is 2.40. The lowest BCUT2D eigenvalue weighted by Crippen LogP contribution is -2.32. The van der Waals surface area contributed by atoms with Crippen molar-refractivity contribution in [3.05, 3.63) is 23.0 Å². The van der Waals surface area contributed by atoms with Gasteiger partial charge in [0.15, 0.2) is 0 Å². The Labute approximate surface area is 84.8 Å². The van der Waals surface area contributed by atoms with E-state index < -0.39 is 17.9 Å². The molecule has 1 aliphatic carbocycles. The van der Waals surface area contributed by atoms with Gasteiger partial charge in [-0.2, -0.15) is 13.2 Å². The topological polar surface area (TPSA) is 12.0 Å². The van der Waals surface area contributed by atoms with Crippen LogP contribution in [0.3, 0.4) is 0 Å². The van der Waals surface area contributed by atoms with Crippen LogP contribution in [0.25, 0.3) is 0 Å². The molecule has 1 nitrogen and oxygen atoms in total. The molecule has 1 unspecified atom stereocenters. The first kappa shape index (κ1) is 10.7. The Hall–Kier alpha value is -0.840. The van der Waals surface area contributed by atoms with E-state index in [9.17, 15) is 17.6 Å². The number of hydrogen-bond acceptors (Lipinski definition) is 1. The molecule has 0 bridgehead atoms. The normalized spacial score (nSPS) is 27.5. The standard InChI is InChI=1S/C10H11F4N/c11-9-4-7(10(12,13)14)3-6-5-15-2-1-8(6)9/h4,7,15H,1-3,5H2. The first-order valence-electron chi connectivity index (χ1n) is 4.84. The van der Waals surface area contributed by atoms with Crippen LogP contribution in [0.15, 0.2) is 23.0 Å². The van der Waals surface area contributed by atoms with Crippen molar-refractivity contribution < 1.29 is 17.6 Å². The third-order valence-electron chi connectivity index (χ3n) is 2.84. The van der Waals surface area contributed by atoms with Crippen LogP contribution >= 0.6 is 0 Å². The number of allylic oxidation sites excluding steroid dienone is 2. The summed E-state index contributed by atoms with van der Waals surface area (Å²) in [6, 6.07) is 0. The first-order chi connectivity index (χ1) is 6.98. The van der Waals surface area contributed by atoms with Crippen molar-refractivity contribution in [1.82, 2.24) is 5.32 Å². The molecule has 1 atom stereocenters. The highest BCUT2D eigenvalue weighted by atomic mass is 19.4. The van der Waals surface area contributed by atoms with Crippen LogP contribution in [0.5, 0.6) is 0 Å². The monoisotopic (exact) mass is 221 g/mol. The van der Waals surface area contributed by atoms with Gasteiger partial charge in [0.05, 0.1) is 5.92 Å². The summed E-state index contributed by atoms with van der Waals surface area (Å²) in [6.45, 7) is 1.01. The maximum Gasteiger partial charge on any atom is 0.395 e. The van der Waals surface area contributed by atoms with Crippen molar-refractivity contribution in [2.24, 2.45) is 5.92 Å². The minimum atomic E-state index is -4.34. The summed E-state index contributed by atoms with van der Waals surface area (Å²) in [7, 11) is 0. The van der Waals surface area contributed by atoms with Gasteiger partial charge in [0, 0.05) is 6.54 Å². The summed E-state index contributed by atoms with van der Waals surface area (Å²) >= 11 is 0. The van der Waals surface area contributed by atoms with Crippen LogP contribution in [-0.4, -0.2) is 19.3 Å². The van der Waals surface area contributed by atoms with E-state index in [1.54, 1.807) is 0 Å². The number of nitrogens with one attached hydrogen (secondary N) is 1. The first-order valence-corrected chi connectivity index (χ1v) is 4.84. The molecule has 84 valence electrons. The fraction of sp³-hybridized carbons (Fsp3) is 0.600. The van der Waals surface area contributed by atoms with Crippen molar-refractivity contribution >= 4 is 0 Å². The lowest BCUT2D eigenvalue weighted by molar-refractivity contribution is -0.161. The molecule has 0 amide bonds. The molecule has 1 heterocycles. The van der Waals surface area contributed by atoms with Gasteiger partial charge >= 0.3 is 6.18 Å². The van der Waals surface area contributed by atoms with E-state index in [4.69, 9.17) is 0 Å². The molecule has 15 heavy (non-hydrogen) atoms. The number of rotatable bonds is 0. The van der Waals surface area contributed by atoms with Gasteiger partial charge in [-0.3, -0.25) is 0 Å². The van der Waals surface area contributed by atoms with Gasteiger partial charge in [-0.15, -0.1) is 0 Å². The van der Waals surface area contributed by atoms with E-state index in [1.807, 2.05) is 0 Å². The molecule has 1 N–H and O–H groups in total. The second kappa shape index (κ2) is 3.63. The lowest BCUT2D eigenvalue weighted by Gasteiger charge is -2.28. The molecule has 0 saturated carbocycles. The molecule has 0 aromatic rings. The molecule has 0 aromatic carbocycles. The molecule has 1 aliphatic heterocycles. The van der Waals surface area contributed by atoms with E-state index in [-0.39, 0.29) is 6.42 Å². The zero-order valence-electron chi connectivity index (χ0n) is 7.99. The SMILES string of the molecule is FC1=CC(C(F)(F)F)CC2=C1CCNC2. The van der Waals surface area contributed by atoms with Crippen LogP contribution in [-0.2, 0) is 0 Å².